The molecule has 1 aromatic carbocycles. The standard InChI is InChI=1S/C13H14FNO5/c1-7-2-3-9(14)8(6-7)12(18)15-10(13(19)20)4-5-11(16)17/h2-3,6,10H,4-5H2,1H3,(H,15,18)(H,16,17)(H,19,20). The van der Waals surface area contributed by atoms with Crippen molar-refractivity contribution in [2.24, 2.45) is 0 Å². The van der Waals surface area contributed by atoms with Crippen LogP contribution in [0, 0.1) is 12.7 Å². The largest absolute Gasteiger partial charge is 0.481 e. The molecule has 1 unspecified atom stereocenters. The number of hydrogen-bond donors (Lipinski definition) is 3. The first-order valence-electron chi connectivity index (χ1n) is 5.83. The van der Waals surface area contributed by atoms with E-state index in [1.54, 1.807) is 6.92 Å². The van der Waals surface area contributed by atoms with Gasteiger partial charge in [-0.15, -0.1) is 0 Å². The smallest absolute Gasteiger partial charge is 0.326 e. The zero-order chi connectivity index (χ0) is 15.3. The van der Waals surface area contributed by atoms with Gasteiger partial charge in [0.05, 0.1) is 5.56 Å². The van der Waals surface area contributed by atoms with Crippen LogP contribution >= 0.6 is 0 Å². The second-order valence-electron chi connectivity index (χ2n) is 4.28. The number of carboxylic acid groups (broad SMARTS) is 2. The van der Waals surface area contributed by atoms with E-state index < -0.39 is 36.1 Å². The summed E-state index contributed by atoms with van der Waals surface area (Å²) < 4.78 is 13.5. The highest BCUT2D eigenvalue weighted by Crippen LogP contribution is 2.11. The summed E-state index contributed by atoms with van der Waals surface area (Å²) in [5, 5.41) is 19.5. The summed E-state index contributed by atoms with van der Waals surface area (Å²) in [6.45, 7) is 1.66. The Bertz CT molecular complexity index is 544. The molecule has 0 heterocycles. The SMILES string of the molecule is Cc1ccc(F)c(C(=O)NC(CCC(=O)O)C(=O)O)c1. The molecule has 0 aliphatic rings. The maximum absolute atomic E-state index is 13.5. The summed E-state index contributed by atoms with van der Waals surface area (Å²) in [4.78, 5) is 33.2. The zero-order valence-electron chi connectivity index (χ0n) is 10.7. The zero-order valence-corrected chi connectivity index (χ0v) is 10.7. The lowest BCUT2D eigenvalue weighted by atomic mass is 10.1. The molecule has 0 saturated heterocycles. The van der Waals surface area contributed by atoms with E-state index in [2.05, 4.69) is 5.32 Å². The molecular weight excluding hydrogens is 269 g/mol. The highest BCUT2D eigenvalue weighted by Gasteiger charge is 2.23. The van der Waals surface area contributed by atoms with Gasteiger partial charge in [0.25, 0.3) is 5.91 Å². The molecule has 0 bridgehead atoms. The number of amides is 1. The lowest BCUT2D eigenvalue weighted by molar-refractivity contribution is -0.140. The highest BCUT2D eigenvalue weighted by atomic mass is 19.1. The van der Waals surface area contributed by atoms with Crippen LogP contribution in [0.15, 0.2) is 18.2 Å². The van der Waals surface area contributed by atoms with Gasteiger partial charge in [-0.2, -0.15) is 0 Å². The van der Waals surface area contributed by atoms with Crippen molar-refractivity contribution < 1.29 is 29.0 Å². The second-order valence-corrected chi connectivity index (χ2v) is 4.28. The monoisotopic (exact) mass is 283 g/mol. The summed E-state index contributed by atoms with van der Waals surface area (Å²) in [5.41, 5.74) is 0.375. The Morgan fingerprint density at radius 3 is 2.50 bits per heavy atom. The highest BCUT2D eigenvalue weighted by molar-refractivity contribution is 5.97. The van der Waals surface area contributed by atoms with Crippen LogP contribution in [-0.4, -0.2) is 34.1 Å². The van der Waals surface area contributed by atoms with Crippen LogP contribution < -0.4 is 5.32 Å². The second kappa shape index (κ2) is 6.65. The number of aliphatic carboxylic acids is 2. The molecule has 3 N–H and O–H groups in total. The number of aryl methyl sites for hydroxylation is 1. The molecule has 0 aliphatic carbocycles. The number of hydrogen-bond acceptors (Lipinski definition) is 3. The topological polar surface area (TPSA) is 104 Å². The molecule has 7 heteroatoms. The van der Waals surface area contributed by atoms with E-state index in [1.807, 2.05) is 0 Å². The molecule has 1 amide bonds. The average molecular weight is 283 g/mol. The van der Waals surface area contributed by atoms with Gasteiger partial charge in [-0.05, 0) is 25.5 Å². The van der Waals surface area contributed by atoms with Crippen LogP contribution in [0.4, 0.5) is 4.39 Å². The molecule has 6 nitrogen and oxygen atoms in total. The van der Waals surface area contributed by atoms with Crippen LogP contribution in [0.1, 0.15) is 28.8 Å². The molecular formula is C13H14FNO5. The summed E-state index contributed by atoms with van der Waals surface area (Å²) in [7, 11) is 0. The first-order chi connectivity index (χ1) is 9.31. The van der Waals surface area contributed by atoms with Gasteiger partial charge in [-0.1, -0.05) is 11.6 Å². The molecule has 0 saturated carbocycles. The number of carbonyl (C=O) groups excluding carboxylic acids is 1. The van der Waals surface area contributed by atoms with Gasteiger partial charge in [0.2, 0.25) is 0 Å². The molecule has 0 aromatic heterocycles. The van der Waals surface area contributed by atoms with Gasteiger partial charge in [0.15, 0.2) is 0 Å². The molecule has 108 valence electrons. The summed E-state index contributed by atoms with van der Waals surface area (Å²) >= 11 is 0. The number of carboxylic acids is 2. The fraction of sp³-hybridized carbons (Fsp3) is 0.308. The normalized spacial score (nSPS) is 11.7. The van der Waals surface area contributed by atoms with Crippen molar-refractivity contribution in [3.05, 3.63) is 35.1 Å². The van der Waals surface area contributed by atoms with Gasteiger partial charge in [0.1, 0.15) is 11.9 Å². The molecule has 0 radical (unpaired) electrons. The molecule has 0 spiro atoms. The third kappa shape index (κ3) is 4.34. The fourth-order valence-electron chi connectivity index (χ4n) is 1.57. The van der Waals surface area contributed by atoms with Crippen molar-refractivity contribution in [2.75, 3.05) is 0 Å². The molecule has 0 fully saturated rings. The quantitative estimate of drug-likeness (QED) is 0.727. The molecule has 1 atom stereocenters. The van der Waals surface area contributed by atoms with E-state index in [0.29, 0.717) is 5.56 Å². The third-order valence-corrected chi connectivity index (χ3v) is 2.62. The Morgan fingerprint density at radius 2 is 1.95 bits per heavy atom. The number of nitrogens with one attached hydrogen (secondary N) is 1. The predicted octanol–water partition coefficient (Wildman–Crippen LogP) is 1.18. The molecule has 20 heavy (non-hydrogen) atoms. The molecule has 0 aliphatic heterocycles. The Balaban J connectivity index is 2.82. The molecule has 1 rings (SSSR count). The minimum Gasteiger partial charge on any atom is -0.481 e. The van der Waals surface area contributed by atoms with Gasteiger partial charge in [-0.3, -0.25) is 9.59 Å². The van der Waals surface area contributed by atoms with Gasteiger partial charge in [-0.25, -0.2) is 9.18 Å². The number of rotatable bonds is 6. The van der Waals surface area contributed by atoms with Crippen LogP contribution in [0.5, 0.6) is 0 Å². The van der Waals surface area contributed by atoms with E-state index in [0.717, 1.165) is 6.07 Å². The van der Waals surface area contributed by atoms with Crippen molar-refractivity contribution in [1.29, 1.82) is 0 Å². The van der Waals surface area contributed by atoms with E-state index >= 15 is 0 Å². The first kappa shape index (κ1) is 15.6. The maximum atomic E-state index is 13.5. The van der Waals surface area contributed by atoms with E-state index in [1.165, 1.54) is 12.1 Å². The lowest BCUT2D eigenvalue weighted by Crippen LogP contribution is -2.41. The predicted molar refractivity (Wildman–Crippen MR) is 66.9 cm³/mol. The number of benzene rings is 1. The van der Waals surface area contributed by atoms with Gasteiger partial charge >= 0.3 is 11.9 Å². The minimum absolute atomic E-state index is 0.272. The van der Waals surface area contributed by atoms with Crippen LogP contribution in [0.25, 0.3) is 0 Å². The third-order valence-electron chi connectivity index (χ3n) is 2.62. The minimum atomic E-state index is -1.38. The summed E-state index contributed by atoms with van der Waals surface area (Å²) in [6.07, 6.45) is -0.683. The van der Waals surface area contributed by atoms with Crippen molar-refractivity contribution in [1.82, 2.24) is 5.32 Å². The Labute approximate surface area is 114 Å². The Hall–Kier alpha value is -2.44. The maximum Gasteiger partial charge on any atom is 0.326 e. The fourth-order valence-corrected chi connectivity index (χ4v) is 1.57. The van der Waals surface area contributed by atoms with Gasteiger partial charge in [0, 0.05) is 6.42 Å². The Kier molecular flexibility index (Phi) is 5.19. The van der Waals surface area contributed by atoms with Crippen LogP contribution in [0.3, 0.4) is 0 Å². The van der Waals surface area contributed by atoms with Crippen molar-refractivity contribution >= 4 is 17.8 Å². The summed E-state index contributed by atoms with van der Waals surface area (Å²) in [5.74, 6) is -4.20. The Morgan fingerprint density at radius 1 is 1.30 bits per heavy atom. The van der Waals surface area contributed by atoms with Crippen LogP contribution in [0.2, 0.25) is 0 Å². The number of carbonyl (C=O) groups is 3. The lowest BCUT2D eigenvalue weighted by Gasteiger charge is -2.14. The van der Waals surface area contributed by atoms with Crippen LogP contribution in [-0.2, 0) is 9.59 Å². The van der Waals surface area contributed by atoms with E-state index in [9.17, 15) is 18.8 Å². The van der Waals surface area contributed by atoms with Gasteiger partial charge < -0.3 is 15.5 Å². The van der Waals surface area contributed by atoms with Crippen molar-refractivity contribution in [3.63, 3.8) is 0 Å². The molecule has 1 aromatic rings. The first-order valence-corrected chi connectivity index (χ1v) is 5.83. The van der Waals surface area contributed by atoms with Crippen molar-refractivity contribution in [2.45, 2.75) is 25.8 Å². The van der Waals surface area contributed by atoms with E-state index in [-0.39, 0.29) is 12.0 Å². The van der Waals surface area contributed by atoms with E-state index in [4.69, 9.17) is 10.2 Å². The summed E-state index contributed by atoms with van der Waals surface area (Å²) in [6, 6.07) is 2.50. The number of halogens is 1. The van der Waals surface area contributed by atoms with Crippen molar-refractivity contribution in [3.8, 4) is 0 Å². The average Bonchev–Trinajstić information content (AvgIpc) is 2.36.